The Labute approximate surface area is 167 Å². The summed E-state index contributed by atoms with van der Waals surface area (Å²) in [4.78, 5) is 20.7. The largest absolute Gasteiger partial charge is 0.338 e. The summed E-state index contributed by atoms with van der Waals surface area (Å²) in [6, 6.07) is 10.6. The van der Waals surface area contributed by atoms with Crippen LogP contribution in [0.3, 0.4) is 0 Å². The Kier molecular flexibility index (Phi) is 5.47. The van der Waals surface area contributed by atoms with Crippen LogP contribution in [0.4, 0.5) is 5.82 Å². The third-order valence-corrected chi connectivity index (χ3v) is 6.22. The number of anilines is 1. The number of hydrogen-bond acceptors (Lipinski definition) is 3. The first-order valence-electron chi connectivity index (χ1n) is 10.6. The SMILES string of the molecule is Cc1ccc2cc(C#N)c(N3CCCN(C(=O)C4CCCCC4)CC3)[nH+]c2c1. The topological polar surface area (TPSA) is 61.5 Å². The van der Waals surface area contributed by atoms with E-state index in [4.69, 9.17) is 0 Å². The highest BCUT2D eigenvalue weighted by molar-refractivity contribution is 5.80. The van der Waals surface area contributed by atoms with E-state index in [1.807, 2.05) is 6.07 Å². The first-order valence-corrected chi connectivity index (χ1v) is 10.6. The average Bonchev–Trinajstić information content (AvgIpc) is 2.99. The molecule has 0 atom stereocenters. The summed E-state index contributed by atoms with van der Waals surface area (Å²) in [6.07, 6.45) is 6.68. The highest BCUT2D eigenvalue weighted by Gasteiger charge is 2.30. The van der Waals surface area contributed by atoms with Gasteiger partial charge in [-0.05, 0) is 37.5 Å². The minimum absolute atomic E-state index is 0.227. The van der Waals surface area contributed by atoms with Crippen LogP contribution in [0.1, 0.15) is 49.7 Å². The van der Waals surface area contributed by atoms with Gasteiger partial charge in [-0.15, -0.1) is 0 Å². The molecule has 0 spiro atoms. The number of nitrogens with one attached hydrogen (secondary N) is 1. The molecule has 2 aliphatic rings. The van der Waals surface area contributed by atoms with Crippen molar-refractivity contribution in [3.8, 4) is 6.07 Å². The number of benzene rings is 1. The van der Waals surface area contributed by atoms with Crippen LogP contribution in [-0.4, -0.2) is 37.0 Å². The van der Waals surface area contributed by atoms with Crippen molar-refractivity contribution >= 4 is 22.6 Å². The standard InChI is InChI=1S/C23H28N4O/c1-17-8-9-19-15-20(16-24)22(25-21(19)14-17)26-10-5-11-27(13-12-26)23(28)18-6-3-2-4-7-18/h8-9,14-15,18H,2-7,10-13H2,1H3/p+1. The van der Waals surface area contributed by atoms with Crippen LogP contribution in [0.15, 0.2) is 24.3 Å². The van der Waals surface area contributed by atoms with E-state index in [1.54, 1.807) is 0 Å². The molecular weight excluding hydrogens is 348 g/mol. The van der Waals surface area contributed by atoms with Gasteiger partial charge in [0.15, 0.2) is 0 Å². The molecule has 2 heterocycles. The van der Waals surface area contributed by atoms with Gasteiger partial charge in [-0.3, -0.25) is 9.69 Å². The van der Waals surface area contributed by atoms with Crippen LogP contribution >= 0.6 is 0 Å². The number of nitriles is 1. The number of carbonyl (C=O) groups excluding carboxylic acids is 1. The van der Waals surface area contributed by atoms with Crippen LogP contribution in [0.2, 0.25) is 0 Å². The number of pyridine rings is 1. The zero-order chi connectivity index (χ0) is 19.5. The summed E-state index contributed by atoms with van der Waals surface area (Å²) in [5.41, 5.74) is 2.91. The van der Waals surface area contributed by atoms with Gasteiger partial charge in [0.1, 0.15) is 23.7 Å². The zero-order valence-corrected chi connectivity index (χ0v) is 16.7. The van der Waals surface area contributed by atoms with Crippen molar-refractivity contribution in [1.29, 1.82) is 5.26 Å². The molecule has 28 heavy (non-hydrogen) atoms. The number of aryl methyl sites for hydroxylation is 1. The summed E-state index contributed by atoms with van der Waals surface area (Å²) in [6.45, 7) is 5.25. The van der Waals surface area contributed by atoms with Crippen LogP contribution < -0.4 is 9.88 Å². The number of aromatic nitrogens is 1. The minimum atomic E-state index is 0.227. The van der Waals surface area contributed by atoms with E-state index in [0.29, 0.717) is 11.5 Å². The molecule has 1 aromatic carbocycles. The van der Waals surface area contributed by atoms with Gasteiger partial charge in [-0.25, -0.2) is 4.98 Å². The van der Waals surface area contributed by atoms with Crippen molar-refractivity contribution < 1.29 is 9.78 Å². The maximum Gasteiger partial charge on any atom is 0.293 e. The first kappa shape index (κ1) is 18.7. The summed E-state index contributed by atoms with van der Waals surface area (Å²) in [7, 11) is 0. The van der Waals surface area contributed by atoms with E-state index in [2.05, 4.69) is 46.0 Å². The molecule has 0 unspecified atom stereocenters. The van der Waals surface area contributed by atoms with Crippen molar-refractivity contribution in [1.82, 2.24) is 4.90 Å². The Balaban J connectivity index is 1.54. The third kappa shape index (κ3) is 3.82. The van der Waals surface area contributed by atoms with E-state index < -0.39 is 0 Å². The molecule has 1 aromatic heterocycles. The lowest BCUT2D eigenvalue weighted by Crippen LogP contribution is -2.40. The normalized spacial score (nSPS) is 18.7. The second-order valence-electron chi connectivity index (χ2n) is 8.23. The van der Waals surface area contributed by atoms with E-state index >= 15 is 0 Å². The summed E-state index contributed by atoms with van der Waals surface area (Å²) >= 11 is 0. The van der Waals surface area contributed by atoms with E-state index in [0.717, 1.165) is 62.2 Å². The quantitative estimate of drug-likeness (QED) is 0.805. The molecule has 5 nitrogen and oxygen atoms in total. The molecule has 2 aromatic rings. The molecule has 0 radical (unpaired) electrons. The van der Waals surface area contributed by atoms with Crippen LogP contribution in [0.5, 0.6) is 0 Å². The second kappa shape index (κ2) is 8.18. The van der Waals surface area contributed by atoms with Gasteiger partial charge in [-0.1, -0.05) is 31.4 Å². The van der Waals surface area contributed by atoms with Gasteiger partial charge < -0.3 is 4.90 Å². The van der Waals surface area contributed by atoms with Crippen LogP contribution in [0, 0.1) is 24.2 Å². The van der Waals surface area contributed by atoms with Crippen molar-refractivity contribution in [2.75, 3.05) is 31.1 Å². The second-order valence-corrected chi connectivity index (χ2v) is 8.23. The maximum absolute atomic E-state index is 12.9. The Morgan fingerprint density at radius 2 is 1.89 bits per heavy atom. The Bertz CT molecular complexity index is 911. The number of carbonyl (C=O) groups is 1. The Morgan fingerprint density at radius 3 is 2.68 bits per heavy atom. The Morgan fingerprint density at radius 1 is 1.07 bits per heavy atom. The van der Waals surface area contributed by atoms with Gasteiger partial charge in [0, 0.05) is 24.3 Å². The van der Waals surface area contributed by atoms with E-state index in [1.165, 1.54) is 24.8 Å². The van der Waals surface area contributed by atoms with Crippen molar-refractivity contribution in [3.05, 3.63) is 35.4 Å². The Hall–Kier alpha value is -2.61. The molecule has 5 heteroatoms. The highest BCUT2D eigenvalue weighted by Crippen LogP contribution is 2.26. The van der Waals surface area contributed by atoms with Gasteiger partial charge >= 0.3 is 0 Å². The highest BCUT2D eigenvalue weighted by atomic mass is 16.2. The fraction of sp³-hybridized carbons (Fsp3) is 0.522. The number of hydrogen-bond donors (Lipinski definition) is 0. The molecule has 1 N–H and O–H groups in total. The maximum atomic E-state index is 12.9. The number of amides is 1. The summed E-state index contributed by atoms with van der Waals surface area (Å²) < 4.78 is 0. The van der Waals surface area contributed by atoms with Gasteiger partial charge in [-0.2, -0.15) is 5.26 Å². The predicted molar refractivity (Wildman–Crippen MR) is 110 cm³/mol. The predicted octanol–water partition coefficient (Wildman–Crippen LogP) is 3.45. The summed E-state index contributed by atoms with van der Waals surface area (Å²) in [5.74, 6) is 1.46. The molecule has 2 fully saturated rings. The summed E-state index contributed by atoms with van der Waals surface area (Å²) in [5, 5.41) is 10.7. The minimum Gasteiger partial charge on any atom is -0.338 e. The first-order chi connectivity index (χ1) is 13.7. The van der Waals surface area contributed by atoms with Crippen molar-refractivity contribution in [3.63, 3.8) is 0 Å². The van der Waals surface area contributed by atoms with Crippen molar-refractivity contribution in [2.45, 2.75) is 45.4 Å². The molecule has 1 amide bonds. The number of aromatic amines is 1. The molecule has 4 rings (SSSR count). The van der Waals surface area contributed by atoms with Gasteiger partial charge in [0.05, 0.1) is 13.1 Å². The smallest absolute Gasteiger partial charge is 0.293 e. The van der Waals surface area contributed by atoms with Crippen LogP contribution in [-0.2, 0) is 4.79 Å². The van der Waals surface area contributed by atoms with Gasteiger partial charge in [0.25, 0.3) is 5.82 Å². The number of fused-ring (bicyclic) bond motifs is 1. The molecule has 146 valence electrons. The van der Waals surface area contributed by atoms with E-state index in [-0.39, 0.29) is 5.92 Å². The lowest BCUT2D eigenvalue weighted by atomic mass is 9.88. The van der Waals surface area contributed by atoms with Crippen molar-refractivity contribution in [2.24, 2.45) is 5.92 Å². The molecule has 0 bridgehead atoms. The third-order valence-electron chi connectivity index (χ3n) is 6.22. The molecule has 1 saturated heterocycles. The lowest BCUT2D eigenvalue weighted by Gasteiger charge is -2.27. The van der Waals surface area contributed by atoms with E-state index in [9.17, 15) is 10.1 Å². The number of H-pyrrole nitrogens is 1. The monoisotopic (exact) mass is 377 g/mol. The molecule has 1 saturated carbocycles. The fourth-order valence-electron chi connectivity index (χ4n) is 4.63. The number of nitrogens with zero attached hydrogens (tertiary/aromatic N) is 3. The molecule has 1 aliphatic carbocycles. The molecule has 1 aliphatic heterocycles. The average molecular weight is 378 g/mol. The zero-order valence-electron chi connectivity index (χ0n) is 16.7. The van der Waals surface area contributed by atoms with Gasteiger partial charge in [0.2, 0.25) is 5.91 Å². The fourth-order valence-corrected chi connectivity index (χ4v) is 4.63. The lowest BCUT2D eigenvalue weighted by molar-refractivity contribution is -0.330. The van der Waals surface area contributed by atoms with Crippen LogP contribution in [0.25, 0.3) is 10.9 Å². The number of rotatable bonds is 2. The molecular formula is C23H29N4O+.